The first-order valence-corrected chi connectivity index (χ1v) is 2.22. The van der Waals surface area contributed by atoms with Crippen molar-refractivity contribution in [3.8, 4) is 0 Å². The molecule has 0 unspecified atom stereocenters. The third kappa shape index (κ3) is 5.58. The fourth-order valence-corrected chi connectivity index (χ4v) is 0.259. The lowest BCUT2D eigenvalue weighted by atomic mass is 10.4. The van der Waals surface area contributed by atoms with Crippen molar-refractivity contribution in [2.75, 3.05) is 6.54 Å². The van der Waals surface area contributed by atoms with Crippen LogP contribution in [-0.4, -0.2) is 21.9 Å². The summed E-state index contributed by atoms with van der Waals surface area (Å²) < 4.78 is 0. The third-order valence-electron chi connectivity index (χ3n) is 0.625. The first kappa shape index (κ1) is 7.58. The van der Waals surface area contributed by atoms with Crippen LogP contribution < -0.4 is 0 Å². The Bertz CT molecular complexity index is 75.8. The van der Waals surface area contributed by atoms with E-state index in [1.54, 1.807) is 0 Å². The molecular weight excluding hydrogens is 110 g/mol. The van der Waals surface area contributed by atoms with Crippen LogP contribution in [0.1, 0.15) is 6.42 Å². The van der Waals surface area contributed by atoms with E-state index in [0.717, 1.165) is 0 Å². The molecule has 0 aliphatic heterocycles. The van der Waals surface area contributed by atoms with Gasteiger partial charge in [-0.3, -0.25) is 0 Å². The van der Waals surface area contributed by atoms with Gasteiger partial charge in [0.05, 0.1) is 0 Å². The van der Waals surface area contributed by atoms with Gasteiger partial charge in [0.1, 0.15) is 6.54 Å². The van der Waals surface area contributed by atoms with Crippen molar-refractivity contribution in [2.45, 2.75) is 6.42 Å². The lowest BCUT2D eigenvalue weighted by Gasteiger charge is -2.22. The zero-order valence-corrected chi connectivity index (χ0v) is 4.45. The van der Waals surface area contributed by atoms with Crippen LogP contribution in [0, 0.1) is 5.21 Å². The minimum Gasteiger partial charge on any atom is -0.564 e. The molecule has 4 heteroatoms. The molecule has 0 aromatic heterocycles. The number of rotatable bonds is 3. The molecule has 0 aromatic rings. The van der Waals surface area contributed by atoms with Crippen LogP contribution in [0.2, 0.25) is 0 Å². The van der Waals surface area contributed by atoms with E-state index in [4.69, 9.17) is 10.4 Å². The molecule has 0 fully saturated rings. The van der Waals surface area contributed by atoms with E-state index in [1.165, 1.54) is 6.08 Å². The Kier molecular flexibility index (Phi) is 2.64. The van der Waals surface area contributed by atoms with Gasteiger partial charge in [-0.15, -0.1) is 6.58 Å². The second-order valence-electron chi connectivity index (χ2n) is 1.47. The van der Waals surface area contributed by atoms with Crippen LogP contribution >= 0.6 is 0 Å². The number of hydrogen-bond donors (Lipinski definition) is 2. The highest BCUT2D eigenvalue weighted by molar-refractivity contribution is 4.63. The lowest BCUT2D eigenvalue weighted by Crippen LogP contribution is -2.34. The summed E-state index contributed by atoms with van der Waals surface area (Å²) in [6, 6.07) is 0. The average molecular weight is 119 g/mol. The van der Waals surface area contributed by atoms with Gasteiger partial charge in [0.25, 0.3) is 0 Å². The Labute approximate surface area is 47.4 Å². The molecule has 0 bridgehead atoms. The number of nitrogens with zero attached hydrogens (tertiary/aromatic N) is 1. The standard InChI is InChI=1S/C4H9NO3/c1-2-3-4-5(6,7)8/h2,6-7H,1,3-4H2. The van der Waals surface area contributed by atoms with E-state index in [2.05, 4.69) is 6.58 Å². The zero-order chi connectivity index (χ0) is 6.62. The summed E-state index contributed by atoms with van der Waals surface area (Å²) in [7, 11) is 0. The molecule has 0 radical (unpaired) electrons. The molecule has 0 saturated heterocycles. The molecule has 4 nitrogen and oxygen atoms in total. The summed E-state index contributed by atoms with van der Waals surface area (Å²) in [4.78, 5) is -2.22. The molecule has 2 N–H and O–H groups in total. The van der Waals surface area contributed by atoms with Crippen molar-refractivity contribution >= 4 is 0 Å². The maximum atomic E-state index is 9.86. The minimum atomic E-state index is -2.22. The number of hydroxylamine groups is 3. The predicted molar refractivity (Wildman–Crippen MR) is 26.9 cm³/mol. The molecule has 0 saturated carbocycles. The first-order chi connectivity index (χ1) is 3.56. The maximum absolute atomic E-state index is 9.86. The van der Waals surface area contributed by atoms with E-state index >= 15 is 0 Å². The molecule has 0 amide bonds. The molecule has 0 aliphatic rings. The summed E-state index contributed by atoms with van der Waals surface area (Å²) in [6.45, 7) is 3.03. The van der Waals surface area contributed by atoms with Gasteiger partial charge in [-0.2, -0.15) is 10.4 Å². The summed E-state index contributed by atoms with van der Waals surface area (Å²) in [5.41, 5.74) is 0. The van der Waals surface area contributed by atoms with Gasteiger partial charge in [0.2, 0.25) is 0 Å². The fraction of sp³-hybridized carbons (Fsp3) is 0.500. The van der Waals surface area contributed by atoms with Crippen LogP contribution in [-0.2, 0) is 0 Å². The van der Waals surface area contributed by atoms with Gasteiger partial charge >= 0.3 is 0 Å². The van der Waals surface area contributed by atoms with Gasteiger partial charge in [-0.1, -0.05) is 11.0 Å². The van der Waals surface area contributed by atoms with Gasteiger partial charge in [0.15, 0.2) is 0 Å². The Hall–Kier alpha value is -0.420. The molecule has 0 atom stereocenters. The summed E-state index contributed by atoms with van der Waals surface area (Å²) >= 11 is 0. The van der Waals surface area contributed by atoms with E-state index in [9.17, 15) is 5.21 Å². The van der Waals surface area contributed by atoms with Crippen LogP contribution in [0.25, 0.3) is 0 Å². The lowest BCUT2D eigenvalue weighted by molar-refractivity contribution is -1.21. The summed E-state index contributed by atoms with van der Waals surface area (Å²) in [5, 5.41) is 25.9. The molecular formula is C4H9NO3. The predicted octanol–water partition coefficient (Wildman–Crippen LogP) is 0.655. The minimum absolute atomic E-state index is 0.260. The van der Waals surface area contributed by atoms with Gasteiger partial charge in [-0.25, -0.2) is 0 Å². The normalized spacial score (nSPS) is 11.4. The van der Waals surface area contributed by atoms with Crippen molar-refractivity contribution in [1.82, 2.24) is 0 Å². The van der Waals surface area contributed by atoms with E-state index < -0.39 is 4.97 Å². The monoisotopic (exact) mass is 119 g/mol. The molecule has 0 aromatic carbocycles. The van der Waals surface area contributed by atoms with Crippen LogP contribution in [0.15, 0.2) is 12.7 Å². The molecule has 0 heterocycles. The van der Waals surface area contributed by atoms with E-state index in [0.29, 0.717) is 6.42 Å². The Balaban J connectivity index is 3.24. The van der Waals surface area contributed by atoms with Crippen molar-refractivity contribution in [2.24, 2.45) is 0 Å². The van der Waals surface area contributed by atoms with Crippen molar-refractivity contribution < 1.29 is 15.4 Å². The van der Waals surface area contributed by atoms with Crippen molar-refractivity contribution in [3.05, 3.63) is 17.9 Å². The number of quaternary nitrogens is 1. The Morgan fingerprint density at radius 2 is 2.12 bits per heavy atom. The highest BCUT2D eigenvalue weighted by Crippen LogP contribution is 1.92. The van der Waals surface area contributed by atoms with Crippen molar-refractivity contribution in [3.63, 3.8) is 0 Å². The third-order valence-corrected chi connectivity index (χ3v) is 0.625. The van der Waals surface area contributed by atoms with Crippen LogP contribution in [0.4, 0.5) is 0 Å². The van der Waals surface area contributed by atoms with Gasteiger partial charge in [0, 0.05) is 6.42 Å². The summed E-state index contributed by atoms with van der Waals surface area (Å²) in [5.74, 6) is 0. The highest BCUT2D eigenvalue weighted by Gasteiger charge is 2.04. The maximum Gasteiger partial charge on any atom is 0.145 e. The Morgan fingerprint density at radius 3 is 2.25 bits per heavy atom. The van der Waals surface area contributed by atoms with Gasteiger partial charge in [-0.05, 0) is 0 Å². The topological polar surface area (TPSA) is 63.5 Å². The first-order valence-electron chi connectivity index (χ1n) is 2.22. The van der Waals surface area contributed by atoms with E-state index in [1.807, 2.05) is 0 Å². The smallest absolute Gasteiger partial charge is 0.145 e. The molecule has 0 rings (SSSR count). The molecule has 8 heavy (non-hydrogen) atoms. The Morgan fingerprint density at radius 1 is 1.62 bits per heavy atom. The SMILES string of the molecule is C=CCC[N+]([O-])(O)O. The van der Waals surface area contributed by atoms with Crippen LogP contribution in [0.3, 0.4) is 0 Å². The quantitative estimate of drug-likeness (QED) is 0.326. The molecule has 0 spiro atoms. The zero-order valence-electron chi connectivity index (χ0n) is 4.45. The molecule has 0 aliphatic carbocycles. The van der Waals surface area contributed by atoms with Gasteiger partial charge < -0.3 is 5.21 Å². The largest absolute Gasteiger partial charge is 0.564 e. The fourth-order valence-electron chi connectivity index (χ4n) is 0.259. The molecule has 48 valence electrons. The highest BCUT2D eigenvalue weighted by atomic mass is 17.1. The average Bonchev–Trinajstić information content (AvgIpc) is 1.59. The summed E-state index contributed by atoms with van der Waals surface area (Å²) in [6.07, 6.45) is 1.74. The van der Waals surface area contributed by atoms with E-state index in [-0.39, 0.29) is 6.54 Å². The second-order valence-corrected chi connectivity index (χ2v) is 1.47. The second kappa shape index (κ2) is 2.78. The van der Waals surface area contributed by atoms with Crippen molar-refractivity contribution in [1.29, 1.82) is 0 Å². The number of hydrogen-bond acceptors (Lipinski definition) is 3. The van der Waals surface area contributed by atoms with Crippen LogP contribution in [0.5, 0.6) is 0 Å².